The number of para-hydroxylation sites is 2. The fourth-order valence-corrected chi connectivity index (χ4v) is 3.68. The summed E-state index contributed by atoms with van der Waals surface area (Å²) < 4.78 is 5.58. The fraction of sp³-hybridized carbons (Fsp3) is 0.278. The molecule has 0 aliphatic carbocycles. The lowest BCUT2D eigenvalue weighted by Crippen LogP contribution is -2.28. The summed E-state index contributed by atoms with van der Waals surface area (Å²) in [5.74, 6) is -0.951. The maximum atomic E-state index is 12.6. The first-order valence-corrected chi connectivity index (χ1v) is 9.09. The van der Waals surface area contributed by atoms with Crippen molar-refractivity contribution < 1.29 is 19.1 Å². The van der Waals surface area contributed by atoms with Crippen molar-refractivity contribution in [1.82, 2.24) is 0 Å². The van der Waals surface area contributed by atoms with Crippen molar-refractivity contribution >= 4 is 39.7 Å². The summed E-state index contributed by atoms with van der Waals surface area (Å²) in [6, 6.07) is 8.82. The monoisotopic (exact) mass is 373 g/mol. The maximum Gasteiger partial charge on any atom is 0.251 e. The zero-order valence-corrected chi connectivity index (χ0v) is 15.0. The highest BCUT2D eigenvalue weighted by Gasteiger charge is 2.36. The number of nitrogens with two attached hydrogens (primary N) is 1. The molecule has 0 saturated carbocycles. The molecule has 1 aromatic carbocycles. The van der Waals surface area contributed by atoms with Gasteiger partial charge in [-0.05, 0) is 30.5 Å². The quantitative estimate of drug-likeness (QED) is 0.811. The predicted molar refractivity (Wildman–Crippen MR) is 99.5 cm³/mol. The Bertz CT molecular complexity index is 848. The second kappa shape index (κ2) is 7.57. The Hall–Kier alpha value is -2.87. The van der Waals surface area contributed by atoms with Crippen LogP contribution in [-0.2, 0) is 9.59 Å². The van der Waals surface area contributed by atoms with Gasteiger partial charge in [0.05, 0.1) is 23.8 Å². The molecular weight excluding hydrogens is 354 g/mol. The molecule has 0 spiro atoms. The molecule has 3 rings (SSSR count). The van der Waals surface area contributed by atoms with Gasteiger partial charge in [0, 0.05) is 13.0 Å². The molecule has 1 saturated heterocycles. The van der Waals surface area contributed by atoms with Gasteiger partial charge in [0.1, 0.15) is 10.8 Å². The number of hydrogen-bond acceptors (Lipinski definition) is 5. The van der Waals surface area contributed by atoms with Gasteiger partial charge in [-0.15, -0.1) is 11.3 Å². The lowest BCUT2D eigenvalue weighted by atomic mass is 10.1. The molecule has 3 N–H and O–H groups in total. The van der Waals surface area contributed by atoms with Gasteiger partial charge in [-0.2, -0.15) is 0 Å². The van der Waals surface area contributed by atoms with Crippen molar-refractivity contribution in [3.05, 3.63) is 41.3 Å². The smallest absolute Gasteiger partial charge is 0.251 e. The van der Waals surface area contributed by atoms with Gasteiger partial charge in [-0.25, -0.2) is 0 Å². The molecule has 2 aromatic rings. The van der Waals surface area contributed by atoms with Crippen LogP contribution >= 0.6 is 11.3 Å². The third-order valence-electron chi connectivity index (χ3n) is 4.12. The molecule has 1 aliphatic rings. The van der Waals surface area contributed by atoms with Crippen LogP contribution in [0, 0.1) is 5.92 Å². The summed E-state index contributed by atoms with van der Waals surface area (Å²) in [6.45, 7) is 2.61. The number of thiophene rings is 1. The number of anilines is 2. The highest BCUT2D eigenvalue weighted by atomic mass is 32.1. The van der Waals surface area contributed by atoms with Gasteiger partial charge in [-0.3, -0.25) is 14.4 Å². The van der Waals surface area contributed by atoms with Crippen LogP contribution in [0.25, 0.3) is 0 Å². The Morgan fingerprint density at radius 3 is 2.85 bits per heavy atom. The highest BCUT2D eigenvalue weighted by molar-refractivity contribution is 7.14. The van der Waals surface area contributed by atoms with E-state index in [1.807, 2.05) is 19.1 Å². The summed E-state index contributed by atoms with van der Waals surface area (Å²) in [7, 11) is 0. The SMILES string of the molecule is CCOc1ccccc1N1CC(C(=O)Nc2sccc2C(N)=O)CC1=O. The number of rotatable bonds is 6. The molecule has 136 valence electrons. The largest absolute Gasteiger partial charge is 0.492 e. The van der Waals surface area contributed by atoms with E-state index in [4.69, 9.17) is 10.5 Å². The molecule has 3 amide bonds. The Morgan fingerprint density at radius 1 is 1.35 bits per heavy atom. The van der Waals surface area contributed by atoms with E-state index in [0.29, 0.717) is 23.0 Å². The Kier molecular flexibility index (Phi) is 5.22. The first-order chi connectivity index (χ1) is 12.5. The van der Waals surface area contributed by atoms with Gasteiger partial charge in [0.25, 0.3) is 5.91 Å². The number of carbonyl (C=O) groups excluding carboxylic acids is 3. The molecule has 7 nitrogen and oxygen atoms in total. The Labute approximate surface area is 154 Å². The van der Waals surface area contributed by atoms with Crippen LogP contribution in [0.1, 0.15) is 23.7 Å². The van der Waals surface area contributed by atoms with E-state index in [2.05, 4.69) is 5.32 Å². The Morgan fingerprint density at radius 2 is 2.12 bits per heavy atom. The molecule has 2 heterocycles. The lowest BCUT2D eigenvalue weighted by Gasteiger charge is -2.20. The average molecular weight is 373 g/mol. The summed E-state index contributed by atoms with van der Waals surface area (Å²) in [6.07, 6.45) is 0.101. The molecule has 26 heavy (non-hydrogen) atoms. The van der Waals surface area contributed by atoms with E-state index < -0.39 is 11.8 Å². The molecular formula is C18H19N3O4S. The van der Waals surface area contributed by atoms with Crippen LogP contribution in [0.4, 0.5) is 10.7 Å². The van der Waals surface area contributed by atoms with Crippen LogP contribution in [-0.4, -0.2) is 30.9 Å². The predicted octanol–water partition coefficient (Wildman–Crippen LogP) is 2.24. The molecule has 1 aliphatic heterocycles. The van der Waals surface area contributed by atoms with E-state index in [-0.39, 0.29) is 30.3 Å². The van der Waals surface area contributed by atoms with E-state index in [0.717, 1.165) is 0 Å². The molecule has 1 fully saturated rings. The van der Waals surface area contributed by atoms with E-state index >= 15 is 0 Å². The second-order valence-corrected chi connectivity index (χ2v) is 6.74. The number of amides is 3. The summed E-state index contributed by atoms with van der Waals surface area (Å²) in [5.41, 5.74) is 6.22. The Balaban J connectivity index is 1.74. The molecule has 0 radical (unpaired) electrons. The van der Waals surface area contributed by atoms with Crippen molar-refractivity contribution in [2.24, 2.45) is 11.7 Å². The van der Waals surface area contributed by atoms with Crippen molar-refractivity contribution in [3.63, 3.8) is 0 Å². The van der Waals surface area contributed by atoms with Crippen molar-refractivity contribution in [1.29, 1.82) is 0 Å². The van der Waals surface area contributed by atoms with Gasteiger partial charge >= 0.3 is 0 Å². The van der Waals surface area contributed by atoms with Crippen molar-refractivity contribution in [3.8, 4) is 5.75 Å². The highest BCUT2D eigenvalue weighted by Crippen LogP contribution is 2.33. The van der Waals surface area contributed by atoms with Gasteiger partial charge in [-0.1, -0.05) is 12.1 Å². The van der Waals surface area contributed by atoms with Crippen LogP contribution in [0.15, 0.2) is 35.7 Å². The first-order valence-electron chi connectivity index (χ1n) is 8.21. The van der Waals surface area contributed by atoms with Crippen LogP contribution in [0.5, 0.6) is 5.75 Å². The van der Waals surface area contributed by atoms with Crippen molar-refractivity contribution in [2.75, 3.05) is 23.4 Å². The van der Waals surface area contributed by atoms with Gasteiger partial charge < -0.3 is 20.7 Å². The van der Waals surface area contributed by atoms with Crippen LogP contribution < -0.4 is 20.7 Å². The first kappa shape index (κ1) is 17.9. The summed E-state index contributed by atoms with van der Waals surface area (Å²) in [4.78, 5) is 37.9. The summed E-state index contributed by atoms with van der Waals surface area (Å²) >= 11 is 1.22. The number of primary amides is 1. The zero-order valence-electron chi connectivity index (χ0n) is 14.2. The molecule has 0 bridgehead atoms. The number of carbonyl (C=O) groups is 3. The molecule has 8 heteroatoms. The minimum absolute atomic E-state index is 0.101. The second-order valence-electron chi connectivity index (χ2n) is 5.82. The third-order valence-corrected chi connectivity index (χ3v) is 4.95. The maximum absolute atomic E-state index is 12.6. The molecule has 1 unspecified atom stereocenters. The topological polar surface area (TPSA) is 102 Å². The standard InChI is InChI=1S/C18H19N3O4S/c1-2-25-14-6-4-3-5-13(14)21-10-11(9-15(21)22)17(24)20-18-12(16(19)23)7-8-26-18/h3-8,11H,2,9-10H2,1H3,(H2,19,23)(H,20,24). The number of nitrogens with zero attached hydrogens (tertiary/aromatic N) is 1. The molecule has 1 aromatic heterocycles. The minimum Gasteiger partial charge on any atom is -0.492 e. The van der Waals surface area contributed by atoms with E-state index in [9.17, 15) is 14.4 Å². The normalized spacial score (nSPS) is 16.6. The lowest BCUT2D eigenvalue weighted by molar-refractivity contribution is -0.122. The summed E-state index contributed by atoms with van der Waals surface area (Å²) in [5, 5.41) is 4.80. The van der Waals surface area contributed by atoms with E-state index in [1.165, 1.54) is 11.3 Å². The van der Waals surface area contributed by atoms with Crippen LogP contribution in [0.3, 0.4) is 0 Å². The zero-order chi connectivity index (χ0) is 18.7. The van der Waals surface area contributed by atoms with Gasteiger partial charge in [0.2, 0.25) is 11.8 Å². The number of ether oxygens (including phenoxy) is 1. The number of hydrogen-bond donors (Lipinski definition) is 2. The number of nitrogens with one attached hydrogen (secondary N) is 1. The average Bonchev–Trinajstić information content (AvgIpc) is 3.22. The van der Waals surface area contributed by atoms with Crippen molar-refractivity contribution in [2.45, 2.75) is 13.3 Å². The number of benzene rings is 1. The van der Waals surface area contributed by atoms with Gasteiger partial charge in [0.15, 0.2) is 0 Å². The molecule has 1 atom stereocenters. The third kappa shape index (κ3) is 3.55. The fourth-order valence-electron chi connectivity index (χ4n) is 2.89. The van der Waals surface area contributed by atoms with E-state index in [1.54, 1.807) is 28.5 Å². The minimum atomic E-state index is -0.601. The van der Waals surface area contributed by atoms with Crippen LogP contribution in [0.2, 0.25) is 0 Å².